The molecule has 2 rings (SSSR count). The molecule has 1 atom stereocenters. The van der Waals surface area contributed by atoms with Crippen LogP contribution in [-0.4, -0.2) is 67.4 Å². The van der Waals surface area contributed by atoms with Gasteiger partial charge in [0.1, 0.15) is 0 Å². The zero-order valence-electron chi connectivity index (χ0n) is 10.2. The minimum absolute atomic E-state index is 0.0509. The Morgan fingerprint density at radius 2 is 1.56 bits per heavy atom. The van der Waals surface area contributed by atoms with E-state index in [0.29, 0.717) is 0 Å². The first-order chi connectivity index (χ1) is 7.60. The third-order valence-electron chi connectivity index (χ3n) is 2.70. The molecule has 94 valence electrons. The molecule has 5 heteroatoms. The van der Waals surface area contributed by atoms with Crippen LogP contribution in [0.2, 0.25) is 0 Å². The van der Waals surface area contributed by atoms with Crippen LogP contribution in [0.4, 0.5) is 0 Å². The van der Waals surface area contributed by atoms with Crippen molar-refractivity contribution in [3.8, 4) is 0 Å². The van der Waals surface area contributed by atoms with Crippen molar-refractivity contribution in [2.45, 2.75) is 25.4 Å². The second kappa shape index (κ2) is 9.48. The molecule has 16 heavy (non-hydrogen) atoms. The quantitative estimate of drug-likeness (QED) is 0.625. The molecule has 0 radical (unpaired) electrons. The molecule has 2 heterocycles. The number of hydrogen-bond donors (Lipinski definition) is 1. The van der Waals surface area contributed by atoms with Crippen LogP contribution in [0.1, 0.15) is 19.3 Å². The minimum Gasteiger partial charge on any atom is -0.392 e. The summed E-state index contributed by atoms with van der Waals surface area (Å²) in [4.78, 5) is 20.7. The molecule has 0 amide bonds. The van der Waals surface area contributed by atoms with E-state index in [-0.39, 0.29) is 12.3 Å². The Hall–Kier alpha value is -0.740. The van der Waals surface area contributed by atoms with Gasteiger partial charge in [-0.25, -0.2) is 0 Å². The molecule has 2 saturated heterocycles. The van der Waals surface area contributed by atoms with Crippen LogP contribution in [-0.2, 0) is 9.59 Å². The lowest BCUT2D eigenvalue weighted by Crippen LogP contribution is -2.15. The highest BCUT2D eigenvalue weighted by Crippen LogP contribution is 2.04. The number of likely N-dealkylation sites (N-methyl/N-ethyl adjacent to an activating group) is 1. The molecule has 0 aromatic carbocycles. The predicted octanol–water partition coefficient (Wildman–Crippen LogP) is -0.189. The molecule has 2 aliphatic heterocycles. The lowest BCUT2D eigenvalue weighted by atomic mass is 10.3. The van der Waals surface area contributed by atoms with Crippen molar-refractivity contribution in [3.05, 3.63) is 0 Å². The number of hydrogen-bond acceptors (Lipinski definition) is 5. The number of carbonyl (C=O) groups excluding carboxylic acids is 2. The highest BCUT2D eigenvalue weighted by molar-refractivity contribution is 5.20. The third-order valence-corrected chi connectivity index (χ3v) is 2.70. The zero-order chi connectivity index (χ0) is 12.4. The Kier molecular flexibility index (Phi) is 9.04. The van der Waals surface area contributed by atoms with E-state index < -0.39 is 0 Å². The van der Waals surface area contributed by atoms with Gasteiger partial charge in [-0.1, -0.05) is 0 Å². The van der Waals surface area contributed by atoms with Gasteiger partial charge in [0.2, 0.25) is 0 Å². The Balaban J connectivity index is 0.000000230. The summed E-state index contributed by atoms with van der Waals surface area (Å²) in [5.74, 6) is 0. The van der Waals surface area contributed by atoms with Crippen LogP contribution >= 0.6 is 0 Å². The molecular weight excluding hydrogens is 208 g/mol. The molecule has 5 nitrogen and oxygen atoms in total. The predicted molar refractivity (Wildman–Crippen MR) is 59.9 cm³/mol. The van der Waals surface area contributed by atoms with Gasteiger partial charge >= 0.3 is 6.15 Å². The fourth-order valence-corrected chi connectivity index (χ4v) is 1.79. The molecule has 0 bridgehead atoms. The third kappa shape index (κ3) is 8.56. The molecular formula is C11H22N2O3. The number of aliphatic hydroxyl groups excluding tert-OH is 1. The van der Waals surface area contributed by atoms with Gasteiger partial charge in [-0.15, -0.1) is 0 Å². The second-order valence-corrected chi connectivity index (χ2v) is 4.30. The average Bonchev–Trinajstić information content (AvgIpc) is 2.80. The van der Waals surface area contributed by atoms with E-state index >= 15 is 0 Å². The topological polar surface area (TPSA) is 60.9 Å². The summed E-state index contributed by atoms with van der Waals surface area (Å²) in [6, 6.07) is 0. The SMILES string of the molecule is CN1CCC(O)C1.CN1CCCC1.O=C=O. The van der Waals surface area contributed by atoms with Crippen molar-refractivity contribution in [3.63, 3.8) is 0 Å². The van der Waals surface area contributed by atoms with Crippen LogP contribution in [0.3, 0.4) is 0 Å². The normalized spacial score (nSPS) is 25.1. The molecule has 1 N–H and O–H groups in total. The highest BCUT2D eigenvalue weighted by atomic mass is 16.3. The molecule has 1 unspecified atom stereocenters. The van der Waals surface area contributed by atoms with Crippen LogP contribution in [0, 0.1) is 0 Å². The molecule has 0 aromatic heterocycles. The van der Waals surface area contributed by atoms with Crippen molar-refractivity contribution in [1.29, 1.82) is 0 Å². The summed E-state index contributed by atoms with van der Waals surface area (Å²) in [6.45, 7) is 4.56. The van der Waals surface area contributed by atoms with Crippen LogP contribution in [0.5, 0.6) is 0 Å². The summed E-state index contributed by atoms with van der Waals surface area (Å²) in [5.41, 5.74) is 0. The fraction of sp³-hybridized carbons (Fsp3) is 0.909. The van der Waals surface area contributed by atoms with Gasteiger partial charge in [0.05, 0.1) is 6.10 Å². The lowest BCUT2D eigenvalue weighted by Gasteiger charge is -2.02. The van der Waals surface area contributed by atoms with E-state index in [1.54, 1.807) is 0 Å². The van der Waals surface area contributed by atoms with Crippen molar-refractivity contribution in [2.24, 2.45) is 0 Å². The first kappa shape index (κ1) is 15.3. The molecule has 2 fully saturated rings. The highest BCUT2D eigenvalue weighted by Gasteiger charge is 2.15. The van der Waals surface area contributed by atoms with Gasteiger partial charge in [0, 0.05) is 13.1 Å². The van der Waals surface area contributed by atoms with E-state index in [2.05, 4.69) is 16.8 Å². The maximum absolute atomic E-state index is 8.86. The average molecular weight is 230 g/mol. The molecule has 0 spiro atoms. The van der Waals surface area contributed by atoms with E-state index in [4.69, 9.17) is 14.7 Å². The van der Waals surface area contributed by atoms with Crippen LogP contribution in [0.15, 0.2) is 0 Å². The number of likely N-dealkylation sites (tertiary alicyclic amines) is 2. The van der Waals surface area contributed by atoms with Gasteiger partial charge in [-0.3, -0.25) is 0 Å². The molecule has 0 aliphatic carbocycles. The second-order valence-electron chi connectivity index (χ2n) is 4.30. The lowest BCUT2D eigenvalue weighted by molar-refractivity contribution is -0.191. The van der Waals surface area contributed by atoms with Crippen molar-refractivity contribution in [1.82, 2.24) is 9.80 Å². The Morgan fingerprint density at radius 1 is 1.06 bits per heavy atom. The van der Waals surface area contributed by atoms with E-state index in [0.717, 1.165) is 19.5 Å². The zero-order valence-corrected chi connectivity index (χ0v) is 10.2. The van der Waals surface area contributed by atoms with Crippen molar-refractivity contribution < 1.29 is 14.7 Å². The number of aliphatic hydroxyl groups is 1. The first-order valence-corrected chi connectivity index (χ1v) is 5.64. The largest absolute Gasteiger partial charge is 0.392 e. The Morgan fingerprint density at radius 3 is 1.69 bits per heavy atom. The molecule has 0 aromatic rings. The number of rotatable bonds is 0. The standard InChI is InChI=1S/C5H11NO.C5H11N.CO2/c1-6-3-2-5(7)4-6;1-6-4-2-3-5-6;2-1-3/h5,7H,2-4H2,1H3;2-5H2,1H3;. The maximum atomic E-state index is 8.86. The van der Waals surface area contributed by atoms with E-state index in [1.807, 2.05) is 7.05 Å². The summed E-state index contributed by atoms with van der Waals surface area (Å²) in [6.07, 6.45) is 3.98. The minimum atomic E-state index is -0.0509. The smallest absolute Gasteiger partial charge is 0.373 e. The molecule has 2 aliphatic rings. The Labute approximate surface area is 97.0 Å². The Bertz CT molecular complexity index is 191. The van der Waals surface area contributed by atoms with Gasteiger partial charge in [0.15, 0.2) is 0 Å². The summed E-state index contributed by atoms with van der Waals surface area (Å²) >= 11 is 0. The van der Waals surface area contributed by atoms with Crippen LogP contribution < -0.4 is 0 Å². The fourth-order valence-electron chi connectivity index (χ4n) is 1.79. The molecule has 0 saturated carbocycles. The maximum Gasteiger partial charge on any atom is 0.373 e. The number of nitrogens with zero attached hydrogens (tertiary/aromatic N) is 2. The van der Waals surface area contributed by atoms with Gasteiger partial charge in [0.25, 0.3) is 0 Å². The summed E-state index contributed by atoms with van der Waals surface area (Å²) in [5, 5.41) is 8.86. The summed E-state index contributed by atoms with van der Waals surface area (Å²) in [7, 11) is 4.20. The van der Waals surface area contributed by atoms with Crippen LogP contribution in [0.25, 0.3) is 0 Å². The summed E-state index contributed by atoms with van der Waals surface area (Å²) < 4.78 is 0. The van der Waals surface area contributed by atoms with Crippen molar-refractivity contribution >= 4 is 6.15 Å². The van der Waals surface area contributed by atoms with Gasteiger partial charge in [-0.2, -0.15) is 9.59 Å². The van der Waals surface area contributed by atoms with Gasteiger partial charge < -0.3 is 14.9 Å². The van der Waals surface area contributed by atoms with Gasteiger partial charge in [-0.05, 0) is 46.4 Å². The monoisotopic (exact) mass is 230 g/mol. The van der Waals surface area contributed by atoms with Crippen molar-refractivity contribution in [2.75, 3.05) is 40.3 Å². The first-order valence-electron chi connectivity index (χ1n) is 5.64. The van der Waals surface area contributed by atoms with E-state index in [9.17, 15) is 0 Å². The number of β-amino-alcohol motifs (C(OH)–C–C–N with tert-alkyl or cyclic N) is 1. The van der Waals surface area contributed by atoms with E-state index in [1.165, 1.54) is 25.9 Å².